The molecule has 0 spiro atoms. The molecular formula is C41H74N14O15S. The van der Waals surface area contributed by atoms with Gasteiger partial charge in [0, 0.05) is 25.1 Å². The Balaban J connectivity index is 6.36. The molecule has 0 unspecified atom stereocenters. The third-order valence-electron chi connectivity index (χ3n) is 10.7. The van der Waals surface area contributed by atoms with E-state index in [-0.39, 0.29) is 50.5 Å². The number of nitrogens with zero attached hydrogens (tertiary/aromatic N) is 1. The predicted molar refractivity (Wildman–Crippen MR) is 257 cm³/mol. The van der Waals surface area contributed by atoms with Gasteiger partial charge in [0.25, 0.3) is 0 Å². The maximum absolute atomic E-state index is 13.9. The summed E-state index contributed by atoms with van der Waals surface area (Å²) in [7, 11) is 0. The first kappa shape index (κ1) is 64.6. The number of aliphatic carboxylic acids is 2. The summed E-state index contributed by atoms with van der Waals surface area (Å²) in [6.45, 7) is 4.92. The average Bonchev–Trinajstić information content (AvgIpc) is 3.30. The molecular weight excluding hydrogens is 961 g/mol. The van der Waals surface area contributed by atoms with Crippen molar-refractivity contribution in [1.29, 1.82) is 0 Å². The van der Waals surface area contributed by atoms with Gasteiger partial charge in [0.05, 0.1) is 18.8 Å². The Morgan fingerprint density at radius 3 is 1.54 bits per heavy atom. The van der Waals surface area contributed by atoms with Crippen molar-refractivity contribution in [1.82, 2.24) is 42.5 Å². The number of aliphatic imine (C=N–C) groups is 1. The number of nitrogens with two attached hydrogens (primary N) is 5. The first-order valence-corrected chi connectivity index (χ1v) is 23.4. The van der Waals surface area contributed by atoms with Gasteiger partial charge in [0.1, 0.15) is 48.3 Å². The smallest absolute Gasteiger partial charge is 0.327 e. The number of carboxylic acid groups (broad SMARTS) is 2. The Hall–Kier alpha value is -6.37. The number of unbranched alkanes of at least 4 members (excludes halogenated alkanes) is 1. The molecule has 0 rings (SSSR count). The number of guanidine groups is 1. The van der Waals surface area contributed by atoms with E-state index < -0.39 is 164 Å². The van der Waals surface area contributed by atoms with Crippen LogP contribution in [0.2, 0.25) is 0 Å². The second-order valence-corrected chi connectivity index (χ2v) is 17.0. The number of amides is 9. The standard InChI is InChI=1S/C41H74N14O15S/c1-5-19(2)30(38(67)53-27(18-71)40(69)70)54-37(66)26(17-56)52-32(61)20(3)48-34(63)25(12-14-29(59)60)50-35(64)23(10-6-7-15-42)49-36(65)24(11-13-28(44)58)51-39(68)31(21(4)57)55-33(62)22(43)9-8-16-47-41(45)46/h19-27,30-31,56-57,71H,5-18,42-43H2,1-4H3,(H2,44,58)(H,48,63)(H,49,65)(H,50,64)(H,51,68)(H,52,61)(H,53,67)(H,54,66)(H,55,62)(H,59,60)(H,69,70)(H4,45,46,47)/t19-,20-,21+,22-,23-,24-,25-,26-,27-,30-,31-/m0/s1. The monoisotopic (exact) mass is 1030 g/mol. The van der Waals surface area contributed by atoms with E-state index in [9.17, 15) is 73.2 Å². The van der Waals surface area contributed by atoms with Crippen molar-refractivity contribution in [2.45, 2.75) is 152 Å². The third-order valence-corrected chi connectivity index (χ3v) is 11.1. The molecule has 0 saturated carbocycles. The zero-order valence-corrected chi connectivity index (χ0v) is 41.2. The maximum Gasteiger partial charge on any atom is 0.327 e. The number of rotatable bonds is 36. The normalized spacial score (nSPS) is 15.6. The van der Waals surface area contributed by atoms with E-state index in [4.69, 9.17) is 28.7 Å². The molecule has 9 amide bonds. The molecule has 0 radical (unpaired) electrons. The molecule has 404 valence electrons. The van der Waals surface area contributed by atoms with Gasteiger partial charge in [-0.05, 0) is 71.3 Å². The first-order chi connectivity index (χ1) is 33.2. The second kappa shape index (κ2) is 34.0. The molecule has 0 aromatic heterocycles. The number of carbonyl (C=O) groups excluding carboxylic acids is 9. The van der Waals surface area contributed by atoms with Crippen molar-refractivity contribution in [2.24, 2.45) is 39.6 Å². The number of carboxylic acids is 2. The van der Waals surface area contributed by atoms with E-state index in [0.717, 1.165) is 6.92 Å². The predicted octanol–water partition coefficient (Wildman–Crippen LogP) is -7.04. The van der Waals surface area contributed by atoms with Gasteiger partial charge < -0.3 is 91.6 Å². The van der Waals surface area contributed by atoms with E-state index in [0.29, 0.717) is 12.8 Å². The van der Waals surface area contributed by atoms with Gasteiger partial charge in [-0.3, -0.25) is 52.9 Å². The van der Waals surface area contributed by atoms with E-state index in [1.807, 2.05) is 0 Å². The highest BCUT2D eigenvalue weighted by atomic mass is 32.1. The zero-order chi connectivity index (χ0) is 54.5. The van der Waals surface area contributed by atoms with Crippen LogP contribution >= 0.6 is 12.6 Å². The quantitative estimate of drug-likeness (QED) is 0.0120. The molecule has 0 aromatic rings. The summed E-state index contributed by atoms with van der Waals surface area (Å²) in [6, 6.07) is -13.6. The Bertz CT molecular complexity index is 1860. The van der Waals surface area contributed by atoms with Crippen molar-refractivity contribution in [3.05, 3.63) is 0 Å². The summed E-state index contributed by atoms with van der Waals surface area (Å²) < 4.78 is 0. The van der Waals surface area contributed by atoms with Gasteiger partial charge in [-0.1, -0.05) is 20.3 Å². The van der Waals surface area contributed by atoms with Gasteiger partial charge in [0.15, 0.2) is 5.96 Å². The van der Waals surface area contributed by atoms with Crippen LogP contribution < -0.4 is 71.2 Å². The molecule has 0 bridgehead atoms. The number of thiol groups is 1. The molecule has 0 fully saturated rings. The maximum atomic E-state index is 13.9. The van der Waals surface area contributed by atoms with Crippen LogP contribution in [0.5, 0.6) is 0 Å². The van der Waals surface area contributed by atoms with Crippen LogP contribution in [0.4, 0.5) is 0 Å². The fourth-order valence-corrected chi connectivity index (χ4v) is 6.50. The lowest BCUT2D eigenvalue weighted by molar-refractivity contribution is -0.142. The Kier molecular flexibility index (Phi) is 31.0. The molecule has 0 aliphatic carbocycles. The lowest BCUT2D eigenvalue weighted by Crippen LogP contribution is -2.61. The highest BCUT2D eigenvalue weighted by Crippen LogP contribution is 2.11. The minimum absolute atomic E-state index is 0.0769. The fraction of sp³-hybridized carbons (Fsp3) is 0.707. The molecule has 71 heavy (non-hydrogen) atoms. The zero-order valence-electron chi connectivity index (χ0n) is 40.3. The molecule has 29 nitrogen and oxygen atoms in total. The van der Waals surface area contributed by atoms with E-state index >= 15 is 0 Å². The topological polar surface area (TPSA) is 507 Å². The number of primary amides is 1. The van der Waals surface area contributed by atoms with E-state index in [1.54, 1.807) is 13.8 Å². The second-order valence-electron chi connectivity index (χ2n) is 16.6. The molecule has 22 N–H and O–H groups in total. The number of hydrogen-bond acceptors (Lipinski definition) is 17. The summed E-state index contributed by atoms with van der Waals surface area (Å²) in [4.78, 5) is 146. The molecule has 0 aliphatic rings. The molecule has 0 aromatic carbocycles. The van der Waals surface area contributed by atoms with Crippen molar-refractivity contribution < 1.29 is 73.2 Å². The molecule has 0 saturated heterocycles. The van der Waals surface area contributed by atoms with Crippen molar-refractivity contribution >= 4 is 83.7 Å². The van der Waals surface area contributed by atoms with Crippen molar-refractivity contribution in [2.75, 3.05) is 25.4 Å². The number of aliphatic hydroxyl groups is 2. The number of hydrogen-bond donors (Lipinski definition) is 18. The summed E-state index contributed by atoms with van der Waals surface area (Å²) >= 11 is 3.91. The summed E-state index contributed by atoms with van der Waals surface area (Å²) in [6.07, 6.45) is -2.59. The van der Waals surface area contributed by atoms with Crippen LogP contribution in [0.15, 0.2) is 4.99 Å². The Morgan fingerprint density at radius 2 is 1.06 bits per heavy atom. The van der Waals surface area contributed by atoms with Crippen LogP contribution in [-0.2, 0) is 52.7 Å². The van der Waals surface area contributed by atoms with Crippen LogP contribution in [0.3, 0.4) is 0 Å². The molecule has 11 atom stereocenters. The first-order valence-electron chi connectivity index (χ1n) is 22.8. The summed E-state index contributed by atoms with van der Waals surface area (Å²) in [5.41, 5.74) is 27.5. The van der Waals surface area contributed by atoms with E-state index in [1.165, 1.54) is 6.92 Å². The average molecular weight is 1040 g/mol. The Morgan fingerprint density at radius 1 is 0.577 bits per heavy atom. The van der Waals surface area contributed by atoms with Gasteiger partial charge in [-0.25, -0.2) is 4.79 Å². The number of aliphatic hydroxyl groups excluding tert-OH is 2. The molecule has 0 aliphatic heterocycles. The summed E-state index contributed by atoms with van der Waals surface area (Å²) in [5.74, 6) is -12.8. The van der Waals surface area contributed by atoms with Crippen molar-refractivity contribution in [3.63, 3.8) is 0 Å². The Labute approximate surface area is 415 Å². The fourth-order valence-electron chi connectivity index (χ4n) is 6.25. The largest absolute Gasteiger partial charge is 0.481 e. The van der Waals surface area contributed by atoms with Crippen LogP contribution in [0.25, 0.3) is 0 Å². The highest BCUT2D eigenvalue weighted by molar-refractivity contribution is 7.80. The molecule has 30 heteroatoms. The third kappa shape index (κ3) is 25.4. The minimum atomic E-state index is -1.70. The van der Waals surface area contributed by atoms with Gasteiger partial charge >= 0.3 is 11.9 Å². The van der Waals surface area contributed by atoms with Crippen LogP contribution in [0.1, 0.15) is 91.9 Å². The van der Waals surface area contributed by atoms with Gasteiger partial charge in [-0.15, -0.1) is 0 Å². The van der Waals surface area contributed by atoms with Crippen LogP contribution in [-0.4, -0.2) is 177 Å². The van der Waals surface area contributed by atoms with E-state index in [2.05, 4.69) is 60.2 Å². The van der Waals surface area contributed by atoms with Crippen molar-refractivity contribution in [3.8, 4) is 0 Å². The lowest BCUT2D eigenvalue weighted by Gasteiger charge is -2.28. The minimum Gasteiger partial charge on any atom is -0.481 e. The number of carbonyl (C=O) groups is 11. The van der Waals surface area contributed by atoms with Crippen LogP contribution in [0, 0.1) is 5.92 Å². The van der Waals surface area contributed by atoms with Gasteiger partial charge in [0.2, 0.25) is 53.2 Å². The number of nitrogens with one attached hydrogen (secondary N) is 8. The molecule has 0 heterocycles. The summed E-state index contributed by atoms with van der Waals surface area (Å²) in [5, 5.41) is 57.8. The van der Waals surface area contributed by atoms with Gasteiger partial charge in [-0.2, -0.15) is 12.6 Å². The SMILES string of the molecule is CC[C@H](C)[C@H](NC(=O)[C@H](CO)NC(=O)[C@H](C)NC(=O)[C@H](CCC(=O)O)NC(=O)[C@H](CCCCN)NC(=O)[C@H](CCC(N)=O)NC(=O)[C@@H](NC(=O)[C@@H](N)CCCN=C(N)N)[C@@H](C)O)C(=O)N[C@@H](CS)C(=O)O. The highest BCUT2D eigenvalue weighted by Gasteiger charge is 2.36. The lowest BCUT2D eigenvalue weighted by atomic mass is 9.97.